The largest absolute Gasteiger partial charge is 0.370 e. The number of nitrogens with two attached hydrogens (primary N) is 1. The smallest absolute Gasteiger partial charge is 0.189 e. The molecule has 1 unspecified atom stereocenters. The van der Waals surface area contributed by atoms with Crippen LogP contribution >= 0.6 is 0 Å². The summed E-state index contributed by atoms with van der Waals surface area (Å²) in [5.41, 5.74) is 6.02. The number of aliphatic imine (C=N–C) groups is 1. The lowest BCUT2D eigenvalue weighted by molar-refractivity contribution is 0.475. The van der Waals surface area contributed by atoms with Crippen LogP contribution in [-0.2, 0) is 5.54 Å². The van der Waals surface area contributed by atoms with E-state index in [-0.39, 0.29) is 11.4 Å². The van der Waals surface area contributed by atoms with Gasteiger partial charge in [0.15, 0.2) is 5.96 Å². The van der Waals surface area contributed by atoms with E-state index < -0.39 is 0 Å². The lowest BCUT2D eigenvalue weighted by Crippen LogP contribution is -2.42. The molecule has 0 spiro atoms. The van der Waals surface area contributed by atoms with Gasteiger partial charge in [0.1, 0.15) is 5.82 Å². The maximum Gasteiger partial charge on any atom is 0.189 e. The van der Waals surface area contributed by atoms with Gasteiger partial charge in [0, 0.05) is 0 Å². The van der Waals surface area contributed by atoms with Crippen molar-refractivity contribution in [3.63, 3.8) is 0 Å². The molecule has 1 aliphatic rings. The van der Waals surface area contributed by atoms with Crippen LogP contribution in [0.5, 0.6) is 0 Å². The van der Waals surface area contributed by atoms with Gasteiger partial charge in [-0.3, -0.25) is 4.99 Å². The SMILES string of the molecule is CC1(c2cccc(F)c2)CN=C(N)N1. The summed E-state index contributed by atoms with van der Waals surface area (Å²) >= 11 is 0. The Morgan fingerprint density at radius 2 is 2.36 bits per heavy atom. The Kier molecular flexibility index (Phi) is 1.91. The van der Waals surface area contributed by atoms with Crippen molar-refractivity contribution in [1.82, 2.24) is 5.32 Å². The molecule has 0 bridgehead atoms. The van der Waals surface area contributed by atoms with Crippen LogP contribution in [0.4, 0.5) is 4.39 Å². The molecule has 0 saturated heterocycles. The fourth-order valence-electron chi connectivity index (χ4n) is 1.60. The Morgan fingerprint density at radius 3 is 2.93 bits per heavy atom. The first-order valence-electron chi connectivity index (χ1n) is 4.44. The summed E-state index contributed by atoms with van der Waals surface area (Å²) in [4.78, 5) is 4.06. The molecule has 0 amide bonds. The summed E-state index contributed by atoms with van der Waals surface area (Å²) in [6.45, 7) is 2.49. The minimum Gasteiger partial charge on any atom is -0.370 e. The quantitative estimate of drug-likeness (QED) is 0.698. The Morgan fingerprint density at radius 1 is 1.57 bits per heavy atom. The molecular formula is C10H12FN3. The minimum absolute atomic E-state index is 0.240. The second-order valence-corrected chi connectivity index (χ2v) is 3.67. The van der Waals surface area contributed by atoms with Gasteiger partial charge in [-0.25, -0.2) is 4.39 Å². The fourth-order valence-corrected chi connectivity index (χ4v) is 1.60. The highest BCUT2D eigenvalue weighted by Gasteiger charge is 2.31. The van der Waals surface area contributed by atoms with Gasteiger partial charge >= 0.3 is 0 Å². The minimum atomic E-state index is -0.369. The highest BCUT2D eigenvalue weighted by molar-refractivity contribution is 5.81. The summed E-state index contributed by atoms with van der Waals surface area (Å²) in [7, 11) is 0. The normalized spacial score (nSPS) is 25.7. The maximum absolute atomic E-state index is 13.0. The summed E-state index contributed by atoms with van der Waals surface area (Å²) in [6.07, 6.45) is 0. The molecule has 1 atom stereocenters. The van der Waals surface area contributed by atoms with Gasteiger partial charge in [0.05, 0.1) is 12.1 Å². The molecule has 1 aromatic carbocycles. The molecule has 1 heterocycles. The maximum atomic E-state index is 13.0. The molecule has 3 nitrogen and oxygen atoms in total. The topological polar surface area (TPSA) is 50.4 Å². The number of nitrogens with zero attached hydrogens (tertiary/aromatic N) is 1. The number of benzene rings is 1. The molecule has 4 heteroatoms. The lowest BCUT2D eigenvalue weighted by Gasteiger charge is -2.24. The average Bonchev–Trinajstić information content (AvgIpc) is 2.48. The Labute approximate surface area is 81.8 Å². The molecule has 1 aromatic rings. The van der Waals surface area contributed by atoms with Gasteiger partial charge in [-0.05, 0) is 24.6 Å². The number of rotatable bonds is 1. The predicted octanol–water partition coefficient (Wildman–Crippen LogP) is 0.959. The van der Waals surface area contributed by atoms with Crippen LogP contribution in [0.2, 0.25) is 0 Å². The first kappa shape index (κ1) is 8.99. The van der Waals surface area contributed by atoms with Gasteiger partial charge < -0.3 is 11.1 Å². The van der Waals surface area contributed by atoms with Crippen LogP contribution in [-0.4, -0.2) is 12.5 Å². The zero-order chi connectivity index (χ0) is 10.2. The molecule has 0 aliphatic carbocycles. The molecule has 0 saturated carbocycles. The first-order valence-corrected chi connectivity index (χ1v) is 4.44. The van der Waals surface area contributed by atoms with Crippen LogP contribution in [0, 0.1) is 5.82 Å². The first-order chi connectivity index (χ1) is 6.60. The molecule has 74 valence electrons. The number of halogens is 1. The third kappa shape index (κ3) is 1.43. The lowest BCUT2D eigenvalue weighted by atomic mass is 9.93. The monoisotopic (exact) mass is 193 g/mol. The molecule has 0 aromatic heterocycles. The Hall–Kier alpha value is -1.58. The molecule has 3 N–H and O–H groups in total. The van der Waals surface area contributed by atoms with Crippen molar-refractivity contribution in [3.05, 3.63) is 35.6 Å². The van der Waals surface area contributed by atoms with E-state index in [0.29, 0.717) is 12.5 Å². The predicted molar refractivity (Wildman–Crippen MR) is 53.4 cm³/mol. The number of hydrogen-bond donors (Lipinski definition) is 2. The molecule has 0 radical (unpaired) electrons. The van der Waals surface area contributed by atoms with E-state index >= 15 is 0 Å². The third-order valence-corrected chi connectivity index (χ3v) is 2.43. The zero-order valence-corrected chi connectivity index (χ0v) is 7.92. The van der Waals surface area contributed by atoms with Crippen molar-refractivity contribution in [2.75, 3.05) is 6.54 Å². The van der Waals surface area contributed by atoms with E-state index in [1.807, 2.05) is 13.0 Å². The average molecular weight is 193 g/mol. The van der Waals surface area contributed by atoms with E-state index in [9.17, 15) is 4.39 Å². The van der Waals surface area contributed by atoms with Crippen LogP contribution in [0.25, 0.3) is 0 Å². The number of guanidine groups is 1. The Balaban J connectivity index is 2.32. The van der Waals surface area contributed by atoms with Crippen molar-refractivity contribution >= 4 is 5.96 Å². The van der Waals surface area contributed by atoms with Crippen LogP contribution in [0.3, 0.4) is 0 Å². The van der Waals surface area contributed by atoms with Crippen molar-refractivity contribution < 1.29 is 4.39 Å². The van der Waals surface area contributed by atoms with Crippen LogP contribution in [0.1, 0.15) is 12.5 Å². The van der Waals surface area contributed by atoms with E-state index in [0.717, 1.165) is 5.56 Å². The summed E-state index contributed by atoms with van der Waals surface area (Å²) in [6, 6.07) is 6.48. The second-order valence-electron chi connectivity index (χ2n) is 3.67. The fraction of sp³-hybridized carbons (Fsp3) is 0.300. The molecular weight excluding hydrogens is 181 g/mol. The van der Waals surface area contributed by atoms with Crippen molar-refractivity contribution in [3.8, 4) is 0 Å². The van der Waals surface area contributed by atoms with Gasteiger partial charge in [0.2, 0.25) is 0 Å². The van der Waals surface area contributed by atoms with Crippen molar-refractivity contribution in [2.24, 2.45) is 10.7 Å². The van der Waals surface area contributed by atoms with E-state index in [1.165, 1.54) is 12.1 Å². The third-order valence-electron chi connectivity index (χ3n) is 2.43. The van der Waals surface area contributed by atoms with Crippen LogP contribution < -0.4 is 11.1 Å². The van der Waals surface area contributed by atoms with Crippen molar-refractivity contribution in [2.45, 2.75) is 12.5 Å². The van der Waals surface area contributed by atoms with Gasteiger partial charge in [0.25, 0.3) is 0 Å². The van der Waals surface area contributed by atoms with E-state index in [2.05, 4.69) is 10.3 Å². The summed E-state index contributed by atoms with van der Waals surface area (Å²) in [5.74, 6) is 0.174. The summed E-state index contributed by atoms with van der Waals surface area (Å²) < 4.78 is 13.0. The Bertz CT molecular complexity index is 389. The molecule has 2 rings (SSSR count). The van der Waals surface area contributed by atoms with Gasteiger partial charge in [-0.1, -0.05) is 12.1 Å². The highest BCUT2D eigenvalue weighted by atomic mass is 19.1. The van der Waals surface area contributed by atoms with Gasteiger partial charge in [-0.2, -0.15) is 0 Å². The second kappa shape index (κ2) is 2.97. The van der Waals surface area contributed by atoms with Crippen LogP contribution in [0.15, 0.2) is 29.3 Å². The molecule has 14 heavy (non-hydrogen) atoms. The number of hydrogen-bond acceptors (Lipinski definition) is 3. The van der Waals surface area contributed by atoms with E-state index in [1.54, 1.807) is 6.07 Å². The van der Waals surface area contributed by atoms with Gasteiger partial charge in [-0.15, -0.1) is 0 Å². The number of nitrogens with one attached hydrogen (secondary N) is 1. The zero-order valence-electron chi connectivity index (χ0n) is 7.92. The summed E-state index contributed by atoms with van der Waals surface area (Å²) in [5, 5.41) is 3.03. The molecule has 0 fully saturated rings. The van der Waals surface area contributed by atoms with E-state index in [4.69, 9.17) is 5.73 Å². The molecule has 1 aliphatic heterocycles. The van der Waals surface area contributed by atoms with Crippen molar-refractivity contribution in [1.29, 1.82) is 0 Å². The standard InChI is InChI=1S/C10H12FN3/c1-10(6-13-9(12)14-10)7-3-2-4-8(11)5-7/h2-5H,6H2,1H3,(H3,12,13,14). The highest BCUT2D eigenvalue weighted by Crippen LogP contribution is 2.24.